The number of hydrogen-bond donors (Lipinski definition) is 1. The summed E-state index contributed by atoms with van der Waals surface area (Å²) in [7, 11) is 0. The van der Waals surface area contributed by atoms with Crippen molar-refractivity contribution in [2.45, 2.75) is 38.1 Å². The molecular formula is C9H16N2O. The van der Waals surface area contributed by atoms with Crippen LogP contribution >= 0.6 is 0 Å². The van der Waals surface area contributed by atoms with E-state index in [1.54, 1.807) is 0 Å². The van der Waals surface area contributed by atoms with Gasteiger partial charge in [0.05, 0.1) is 13.2 Å². The summed E-state index contributed by atoms with van der Waals surface area (Å²) in [6.07, 6.45) is 6.38. The minimum atomic E-state index is 0.293. The molecule has 0 aromatic heterocycles. The molecule has 2 fully saturated rings. The summed E-state index contributed by atoms with van der Waals surface area (Å²) in [6.45, 7) is 1.33. The lowest BCUT2D eigenvalue weighted by Gasteiger charge is -2.30. The number of amides is 1. The Morgan fingerprint density at radius 1 is 1.25 bits per heavy atom. The Bertz CT molecular complexity index is 175. The van der Waals surface area contributed by atoms with E-state index in [0.717, 1.165) is 6.67 Å². The molecule has 12 heavy (non-hydrogen) atoms. The summed E-state index contributed by atoms with van der Waals surface area (Å²) >= 11 is 0. The maximum absolute atomic E-state index is 11.3. The molecule has 0 radical (unpaired) electrons. The summed E-state index contributed by atoms with van der Waals surface area (Å²) in [5, 5.41) is 3.10. The van der Waals surface area contributed by atoms with E-state index in [-0.39, 0.29) is 0 Å². The second kappa shape index (κ2) is 3.44. The van der Waals surface area contributed by atoms with Gasteiger partial charge in [-0.1, -0.05) is 19.3 Å². The van der Waals surface area contributed by atoms with Crippen LogP contribution in [0.15, 0.2) is 0 Å². The number of carbonyl (C=O) groups excluding carboxylic acids is 1. The van der Waals surface area contributed by atoms with Gasteiger partial charge in [0.1, 0.15) is 0 Å². The van der Waals surface area contributed by atoms with Crippen LogP contribution in [-0.2, 0) is 4.79 Å². The SMILES string of the molecule is O=C1CNCN1C1CCCCC1. The number of nitrogens with zero attached hydrogens (tertiary/aromatic N) is 1. The van der Waals surface area contributed by atoms with Gasteiger partial charge in [0.2, 0.25) is 5.91 Å². The smallest absolute Gasteiger partial charge is 0.237 e. The van der Waals surface area contributed by atoms with Crippen LogP contribution in [0.3, 0.4) is 0 Å². The fourth-order valence-corrected chi connectivity index (χ4v) is 2.20. The Morgan fingerprint density at radius 3 is 2.58 bits per heavy atom. The Labute approximate surface area is 73.1 Å². The van der Waals surface area contributed by atoms with Crippen LogP contribution in [0.1, 0.15) is 32.1 Å². The predicted molar refractivity (Wildman–Crippen MR) is 46.6 cm³/mol. The molecule has 68 valence electrons. The van der Waals surface area contributed by atoms with Crippen molar-refractivity contribution in [1.82, 2.24) is 10.2 Å². The molecular weight excluding hydrogens is 152 g/mol. The molecule has 0 atom stereocenters. The first-order valence-electron chi connectivity index (χ1n) is 4.88. The Hall–Kier alpha value is -0.570. The quantitative estimate of drug-likeness (QED) is 0.625. The number of rotatable bonds is 1. The maximum atomic E-state index is 11.3. The topological polar surface area (TPSA) is 32.3 Å². The van der Waals surface area contributed by atoms with Gasteiger partial charge in [-0.25, -0.2) is 0 Å². The average molecular weight is 168 g/mol. The standard InChI is InChI=1S/C9H16N2O/c12-9-6-10-7-11(9)8-4-2-1-3-5-8/h8,10H,1-7H2. The van der Waals surface area contributed by atoms with Crippen molar-refractivity contribution in [2.75, 3.05) is 13.2 Å². The molecule has 1 aliphatic heterocycles. The third kappa shape index (κ3) is 1.46. The third-order valence-electron chi connectivity index (χ3n) is 2.89. The van der Waals surface area contributed by atoms with E-state index < -0.39 is 0 Å². The largest absolute Gasteiger partial charge is 0.326 e. The van der Waals surface area contributed by atoms with Crippen molar-refractivity contribution in [3.05, 3.63) is 0 Å². The number of nitrogens with one attached hydrogen (secondary N) is 1. The first-order chi connectivity index (χ1) is 5.88. The molecule has 2 aliphatic rings. The highest BCUT2D eigenvalue weighted by molar-refractivity contribution is 5.80. The van der Waals surface area contributed by atoms with Crippen molar-refractivity contribution in [3.63, 3.8) is 0 Å². The number of hydrogen-bond acceptors (Lipinski definition) is 2. The van der Waals surface area contributed by atoms with Crippen molar-refractivity contribution in [3.8, 4) is 0 Å². The monoisotopic (exact) mass is 168 g/mol. The Kier molecular flexibility index (Phi) is 2.30. The zero-order valence-electron chi connectivity index (χ0n) is 7.38. The highest BCUT2D eigenvalue weighted by Crippen LogP contribution is 2.23. The molecule has 2 rings (SSSR count). The van der Waals surface area contributed by atoms with Gasteiger partial charge in [0.25, 0.3) is 0 Å². The molecule has 1 aliphatic carbocycles. The fraction of sp³-hybridized carbons (Fsp3) is 0.889. The van der Waals surface area contributed by atoms with Crippen molar-refractivity contribution in [1.29, 1.82) is 0 Å². The van der Waals surface area contributed by atoms with Crippen LogP contribution in [0.25, 0.3) is 0 Å². The molecule has 1 saturated carbocycles. The molecule has 0 unspecified atom stereocenters. The molecule has 1 N–H and O–H groups in total. The second-order valence-electron chi connectivity index (χ2n) is 3.74. The van der Waals surface area contributed by atoms with Crippen molar-refractivity contribution >= 4 is 5.91 Å². The molecule has 0 bridgehead atoms. The first-order valence-corrected chi connectivity index (χ1v) is 4.88. The van der Waals surface area contributed by atoms with Gasteiger partial charge >= 0.3 is 0 Å². The minimum absolute atomic E-state index is 0.293. The van der Waals surface area contributed by atoms with Crippen LogP contribution in [0.2, 0.25) is 0 Å². The van der Waals surface area contributed by atoms with Gasteiger partial charge in [-0.2, -0.15) is 0 Å². The molecule has 3 heteroatoms. The van der Waals surface area contributed by atoms with Gasteiger partial charge in [0.15, 0.2) is 0 Å². The molecule has 1 saturated heterocycles. The molecule has 1 heterocycles. The van der Waals surface area contributed by atoms with Crippen LogP contribution in [0.5, 0.6) is 0 Å². The van der Waals surface area contributed by atoms with E-state index in [9.17, 15) is 4.79 Å². The lowest BCUT2D eigenvalue weighted by molar-refractivity contribution is -0.129. The fourth-order valence-electron chi connectivity index (χ4n) is 2.20. The first kappa shape index (κ1) is 8.05. The highest BCUT2D eigenvalue weighted by Gasteiger charge is 2.28. The van der Waals surface area contributed by atoms with Gasteiger partial charge in [-0.05, 0) is 12.8 Å². The van der Waals surface area contributed by atoms with Crippen LogP contribution in [-0.4, -0.2) is 30.1 Å². The van der Waals surface area contributed by atoms with Crippen molar-refractivity contribution < 1.29 is 4.79 Å². The third-order valence-corrected chi connectivity index (χ3v) is 2.89. The highest BCUT2D eigenvalue weighted by atomic mass is 16.2. The van der Waals surface area contributed by atoms with E-state index >= 15 is 0 Å². The normalized spacial score (nSPS) is 26.7. The van der Waals surface area contributed by atoms with E-state index in [4.69, 9.17) is 0 Å². The summed E-state index contributed by atoms with van der Waals surface area (Å²) in [5.41, 5.74) is 0. The lowest BCUT2D eigenvalue weighted by atomic mass is 9.94. The van der Waals surface area contributed by atoms with E-state index in [2.05, 4.69) is 5.32 Å². The number of carbonyl (C=O) groups is 1. The summed E-state index contributed by atoms with van der Waals surface area (Å²) < 4.78 is 0. The predicted octanol–water partition coefficient (Wildman–Crippen LogP) is 0.708. The van der Waals surface area contributed by atoms with Crippen LogP contribution in [0, 0.1) is 0 Å². The van der Waals surface area contributed by atoms with Crippen LogP contribution in [0.4, 0.5) is 0 Å². The summed E-state index contributed by atoms with van der Waals surface area (Å²) in [5.74, 6) is 0.293. The molecule has 0 aromatic carbocycles. The summed E-state index contributed by atoms with van der Waals surface area (Å²) in [6, 6.07) is 0.543. The van der Waals surface area contributed by atoms with Gasteiger partial charge < -0.3 is 4.90 Å². The summed E-state index contributed by atoms with van der Waals surface area (Å²) in [4.78, 5) is 13.4. The van der Waals surface area contributed by atoms with E-state index in [0.29, 0.717) is 18.5 Å². The molecule has 3 nitrogen and oxygen atoms in total. The molecule has 0 aromatic rings. The second-order valence-corrected chi connectivity index (χ2v) is 3.74. The van der Waals surface area contributed by atoms with Crippen LogP contribution < -0.4 is 5.32 Å². The van der Waals surface area contributed by atoms with Gasteiger partial charge in [-0.15, -0.1) is 0 Å². The molecule has 1 amide bonds. The molecule has 0 spiro atoms. The van der Waals surface area contributed by atoms with Gasteiger partial charge in [0, 0.05) is 6.04 Å². The average Bonchev–Trinajstić information content (AvgIpc) is 2.53. The van der Waals surface area contributed by atoms with Crippen molar-refractivity contribution in [2.24, 2.45) is 0 Å². The Balaban J connectivity index is 1.93. The zero-order valence-corrected chi connectivity index (χ0v) is 7.38. The van der Waals surface area contributed by atoms with E-state index in [1.165, 1.54) is 32.1 Å². The van der Waals surface area contributed by atoms with E-state index in [1.807, 2.05) is 4.90 Å². The lowest BCUT2D eigenvalue weighted by Crippen LogP contribution is -2.38. The van der Waals surface area contributed by atoms with Gasteiger partial charge in [-0.3, -0.25) is 10.1 Å². The zero-order chi connectivity index (χ0) is 8.39. The maximum Gasteiger partial charge on any atom is 0.237 e. The minimum Gasteiger partial charge on any atom is -0.326 e. The Morgan fingerprint density at radius 2 is 2.00 bits per heavy atom.